The number of nitrogens with zero attached hydrogens (tertiary/aromatic N) is 3. The lowest BCUT2D eigenvalue weighted by molar-refractivity contribution is -0.146. The largest absolute Gasteiger partial charge is 0.497 e. The third-order valence-electron chi connectivity index (χ3n) is 6.11. The number of esters is 1. The van der Waals surface area contributed by atoms with Crippen LogP contribution in [0.15, 0.2) is 35.2 Å². The molecular weight excluding hydrogens is 460 g/mol. The number of halogens is 1. The maximum absolute atomic E-state index is 12.1. The minimum Gasteiger partial charge on any atom is -0.497 e. The van der Waals surface area contributed by atoms with E-state index < -0.39 is 0 Å². The zero-order valence-electron chi connectivity index (χ0n) is 18.0. The minimum atomic E-state index is -0.122. The van der Waals surface area contributed by atoms with Crippen LogP contribution in [0.3, 0.4) is 0 Å². The number of rotatable bonds is 6. The molecule has 2 atom stereocenters. The highest BCUT2D eigenvalue weighted by Crippen LogP contribution is 2.38. The molecule has 7 nitrogen and oxygen atoms in total. The second-order valence-corrected chi connectivity index (χ2v) is 8.74. The van der Waals surface area contributed by atoms with Crippen molar-refractivity contribution in [2.45, 2.75) is 45.1 Å². The average molecular weight is 487 g/mol. The first kappa shape index (κ1) is 21.6. The predicted molar refractivity (Wildman–Crippen MR) is 122 cm³/mol. The van der Waals surface area contributed by atoms with Crippen molar-refractivity contribution in [1.29, 1.82) is 0 Å². The van der Waals surface area contributed by atoms with E-state index in [1.54, 1.807) is 13.3 Å². The Hall–Kier alpha value is -2.61. The molecule has 31 heavy (non-hydrogen) atoms. The molecule has 0 unspecified atom stereocenters. The van der Waals surface area contributed by atoms with Crippen molar-refractivity contribution in [2.75, 3.05) is 19.5 Å². The van der Waals surface area contributed by atoms with Gasteiger partial charge in [0.05, 0.1) is 20.1 Å². The number of fused-ring (bicyclic) bond motifs is 1. The monoisotopic (exact) mass is 486 g/mol. The number of aromatic nitrogens is 3. The normalized spacial score (nSPS) is 18.7. The molecule has 1 aliphatic carbocycles. The van der Waals surface area contributed by atoms with Crippen LogP contribution in [0.1, 0.15) is 48.6 Å². The van der Waals surface area contributed by atoms with Crippen LogP contribution in [0.25, 0.3) is 5.52 Å². The van der Waals surface area contributed by atoms with Crippen molar-refractivity contribution in [3.05, 3.63) is 52.1 Å². The Bertz CT molecular complexity index is 1100. The van der Waals surface area contributed by atoms with E-state index in [0.717, 1.165) is 58.8 Å². The van der Waals surface area contributed by atoms with Crippen molar-refractivity contribution in [3.63, 3.8) is 0 Å². The van der Waals surface area contributed by atoms with E-state index in [9.17, 15) is 4.79 Å². The number of hydrogen-bond donors (Lipinski definition) is 1. The van der Waals surface area contributed by atoms with Crippen molar-refractivity contribution in [2.24, 2.45) is 5.92 Å². The highest BCUT2D eigenvalue weighted by molar-refractivity contribution is 9.10. The molecule has 1 N–H and O–H groups in total. The van der Waals surface area contributed by atoms with Gasteiger partial charge in [-0.1, -0.05) is 12.5 Å². The number of imidazole rings is 1. The molecule has 0 amide bonds. The van der Waals surface area contributed by atoms with Crippen LogP contribution in [-0.2, 0) is 16.1 Å². The Morgan fingerprint density at radius 2 is 2.16 bits per heavy atom. The fourth-order valence-corrected chi connectivity index (χ4v) is 4.98. The molecule has 0 spiro atoms. The molecule has 3 aromatic rings. The third-order valence-corrected chi connectivity index (χ3v) is 6.66. The SMILES string of the molecule is COC(=O)[C@H]1CCC[C@@H](c2nc(Br)c3c(NCc4ccc(OC)cc4C)nccn23)C1. The van der Waals surface area contributed by atoms with E-state index >= 15 is 0 Å². The van der Waals surface area contributed by atoms with Crippen LogP contribution in [0, 0.1) is 12.8 Å². The standard InChI is InChI=1S/C23H27BrN4O3/c1-14-11-18(30-2)8-7-17(14)13-26-21-19-20(24)27-22(28(19)10-9-25-21)15-5-4-6-16(12-15)23(29)31-3/h7-11,15-16H,4-6,12-13H2,1-3H3,(H,25,26)/t15-,16+/m1/s1. The smallest absolute Gasteiger partial charge is 0.308 e. The number of nitrogens with one attached hydrogen (secondary N) is 1. The van der Waals surface area contributed by atoms with Gasteiger partial charge in [0.15, 0.2) is 5.82 Å². The summed E-state index contributed by atoms with van der Waals surface area (Å²) in [5, 5.41) is 3.46. The highest BCUT2D eigenvalue weighted by atomic mass is 79.9. The van der Waals surface area contributed by atoms with E-state index in [0.29, 0.717) is 6.54 Å². The maximum atomic E-state index is 12.1. The Morgan fingerprint density at radius 3 is 2.90 bits per heavy atom. The number of ether oxygens (including phenoxy) is 2. The molecule has 4 rings (SSSR count). The zero-order chi connectivity index (χ0) is 22.0. The summed E-state index contributed by atoms with van der Waals surface area (Å²) in [6.07, 6.45) is 7.36. The summed E-state index contributed by atoms with van der Waals surface area (Å²) in [7, 11) is 3.13. The van der Waals surface area contributed by atoms with E-state index in [4.69, 9.17) is 14.5 Å². The van der Waals surface area contributed by atoms with Gasteiger partial charge in [0.1, 0.15) is 21.7 Å². The van der Waals surface area contributed by atoms with Gasteiger partial charge in [-0.05, 0) is 65.4 Å². The number of anilines is 1. The second kappa shape index (κ2) is 9.26. The number of carbonyl (C=O) groups is 1. The summed E-state index contributed by atoms with van der Waals surface area (Å²) in [4.78, 5) is 21.4. The Kier molecular flexibility index (Phi) is 6.46. The zero-order valence-corrected chi connectivity index (χ0v) is 19.6. The molecule has 0 radical (unpaired) electrons. The van der Waals surface area contributed by atoms with Crippen molar-refractivity contribution in [3.8, 4) is 5.75 Å². The van der Waals surface area contributed by atoms with Gasteiger partial charge in [-0.2, -0.15) is 0 Å². The average Bonchev–Trinajstić information content (AvgIpc) is 3.15. The quantitative estimate of drug-likeness (QED) is 0.500. The molecular formula is C23H27BrN4O3. The number of methoxy groups -OCH3 is 2. The molecule has 1 fully saturated rings. The number of carbonyl (C=O) groups excluding carboxylic acids is 1. The molecule has 1 aromatic carbocycles. The van der Waals surface area contributed by atoms with Gasteiger partial charge in [0.25, 0.3) is 0 Å². The fourth-order valence-electron chi connectivity index (χ4n) is 4.41. The number of hydrogen-bond acceptors (Lipinski definition) is 6. The molecule has 2 aromatic heterocycles. The van der Waals surface area contributed by atoms with Gasteiger partial charge in [-0.15, -0.1) is 0 Å². The first-order chi connectivity index (χ1) is 15.0. The van der Waals surface area contributed by atoms with Crippen LogP contribution in [0.5, 0.6) is 5.75 Å². The highest BCUT2D eigenvalue weighted by Gasteiger charge is 2.31. The predicted octanol–water partition coefficient (Wildman–Crippen LogP) is 4.87. The Morgan fingerprint density at radius 1 is 1.32 bits per heavy atom. The summed E-state index contributed by atoms with van der Waals surface area (Å²) in [6, 6.07) is 6.05. The van der Waals surface area contributed by atoms with Crippen LogP contribution < -0.4 is 10.1 Å². The Labute approximate surface area is 190 Å². The van der Waals surface area contributed by atoms with Gasteiger partial charge >= 0.3 is 5.97 Å². The third kappa shape index (κ3) is 4.39. The molecule has 0 bridgehead atoms. The fraction of sp³-hybridized carbons (Fsp3) is 0.435. The summed E-state index contributed by atoms with van der Waals surface area (Å²) >= 11 is 3.63. The van der Waals surface area contributed by atoms with Crippen LogP contribution in [-0.4, -0.2) is 34.6 Å². The maximum Gasteiger partial charge on any atom is 0.308 e. The number of aryl methyl sites for hydroxylation is 1. The summed E-state index contributed by atoms with van der Waals surface area (Å²) in [6.45, 7) is 2.71. The molecule has 2 heterocycles. The van der Waals surface area contributed by atoms with Gasteiger partial charge in [0, 0.05) is 24.9 Å². The van der Waals surface area contributed by atoms with Crippen LogP contribution >= 0.6 is 15.9 Å². The van der Waals surface area contributed by atoms with Gasteiger partial charge in [-0.3, -0.25) is 9.20 Å². The lowest BCUT2D eigenvalue weighted by Gasteiger charge is -2.26. The molecule has 1 aliphatic rings. The van der Waals surface area contributed by atoms with E-state index in [-0.39, 0.29) is 17.8 Å². The molecule has 1 saturated carbocycles. The molecule has 8 heteroatoms. The van der Waals surface area contributed by atoms with Crippen molar-refractivity contribution in [1.82, 2.24) is 14.4 Å². The number of benzene rings is 1. The lowest BCUT2D eigenvalue weighted by Crippen LogP contribution is -2.24. The lowest BCUT2D eigenvalue weighted by atomic mass is 9.81. The van der Waals surface area contributed by atoms with E-state index in [1.807, 2.05) is 18.3 Å². The first-order valence-electron chi connectivity index (χ1n) is 10.5. The molecule has 0 saturated heterocycles. The van der Waals surface area contributed by atoms with Gasteiger partial charge < -0.3 is 14.8 Å². The topological polar surface area (TPSA) is 77.8 Å². The van der Waals surface area contributed by atoms with Crippen LogP contribution in [0.4, 0.5) is 5.82 Å². The molecule has 0 aliphatic heterocycles. The second-order valence-electron chi connectivity index (χ2n) is 7.98. The summed E-state index contributed by atoms with van der Waals surface area (Å²) in [5.41, 5.74) is 3.24. The van der Waals surface area contributed by atoms with Crippen LogP contribution in [0.2, 0.25) is 0 Å². The van der Waals surface area contributed by atoms with Gasteiger partial charge in [-0.25, -0.2) is 9.97 Å². The molecule has 164 valence electrons. The Balaban J connectivity index is 1.59. The van der Waals surface area contributed by atoms with Crippen molar-refractivity contribution >= 4 is 33.2 Å². The van der Waals surface area contributed by atoms with Crippen molar-refractivity contribution < 1.29 is 14.3 Å². The first-order valence-corrected chi connectivity index (χ1v) is 11.3. The minimum absolute atomic E-state index is 0.0626. The summed E-state index contributed by atoms with van der Waals surface area (Å²) < 4.78 is 13.1. The van der Waals surface area contributed by atoms with Gasteiger partial charge in [0.2, 0.25) is 0 Å². The summed E-state index contributed by atoms with van der Waals surface area (Å²) in [5.74, 6) is 2.60. The van der Waals surface area contributed by atoms with E-state index in [1.165, 1.54) is 12.7 Å². The van der Waals surface area contributed by atoms with E-state index in [2.05, 4.69) is 43.6 Å².